The van der Waals surface area contributed by atoms with Crippen molar-refractivity contribution in [2.24, 2.45) is 5.92 Å². The summed E-state index contributed by atoms with van der Waals surface area (Å²) in [6.07, 6.45) is 10.4. The van der Waals surface area contributed by atoms with Crippen molar-refractivity contribution in [3.63, 3.8) is 0 Å². The van der Waals surface area contributed by atoms with Gasteiger partial charge in [-0.25, -0.2) is 0 Å². The van der Waals surface area contributed by atoms with Gasteiger partial charge < -0.3 is 4.74 Å². The predicted octanol–water partition coefficient (Wildman–Crippen LogP) is 3.77. The van der Waals surface area contributed by atoms with E-state index in [0.29, 0.717) is 6.10 Å². The Morgan fingerprint density at radius 3 is 2.62 bits per heavy atom. The summed E-state index contributed by atoms with van der Waals surface area (Å²) < 4.78 is 5.20. The lowest BCUT2D eigenvalue weighted by molar-refractivity contribution is 0.363. The smallest absolute Gasteiger partial charge is 0.0810 e. The lowest BCUT2D eigenvalue weighted by Crippen LogP contribution is -1.97. The summed E-state index contributed by atoms with van der Waals surface area (Å²) in [7, 11) is 0. The monoisotopic (exact) mass is 184 g/mol. The second kappa shape index (κ2) is 6.42. The largest absolute Gasteiger partial charge is 0.373 e. The number of rotatable bonds is 8. The fourth-order valence-corrected chi connectivity index (χ4v) is 1.77. The van der Waals surface area contributed by atoms with Gasteiger partial charge in [0, 0.05) is 0 Å². The molecule has 1 fully saturated rings. The lowest BCUT2D eigenvalue weighted by Gasteiger charge is -2.09. The second-order valence-corrected chi connectivity index (χ2v) is 4.49. The molecule has 0 aromatic rings. The number of hydrogen-bond acceptors (Lipinski definition) is 1. The average Bonchev–Trinajstić information content (AvgIpc) is 2.92. The fourth-order valence-electron chi connectivity index (χ4n) is 1.77. The molecule has 1 heteroatoms. The van der Waals surface area contributed by atoms with Gasteiger partial charge in [0.1, 0.15) is 0 Å². The van der Waals surface area contributed by atoms with Crippen LogP contribution in [0.3, 0.4) is 0 Å². The van der Waals surface area contributed by atoms with Crippen LogP contribution >= 0.6 is 0 Å². The van der Waals surface area contributed by atoms with Crippen molar-refractivity contribution in [1.29, 1.82) is 0 Å². The first-order valence-electron chi connectivity index (χ1n) is 5.94. The number of epoxide rings is 1. The number of hydrogen-bond donors (Lipinski definition) is 0. The van der Waals surface area contributed by atoms with Crippen molar-refractivity contribution in [2.75, 3.05) is 6.61 Å². The Kier molecular flexibility index (Phi) is 5.45. The molecule has 2 atom stereocenters. The van der Waals surface area contributed by atoms with Gasteiger partial charge in [-0.2, -0.15) is 0 Å². The van der Waals surface area contributed by atoms with Crippen LogP contribution in [0, 0.1) is 5.92 Å². The van der Waals surface area contributed by atoms with E-state index >= 15 is 0 Å². The summed E-state index contributed by atoms with van der Waals surface area (Å²) in [5, 5.41) is 0. The highest BCUT2D eigenvalue weighted by Gasteiger charge is 2.22. The molecule has 2 unspecified atom stereocenters. The first kappa shape index (κ1) is 11.0. The van der Waals surface area contributed by atoms with Crippen LogP contribution in [0.5, 0.6) is 0 Å². The Hall–Kier alpha value is -0.0400. The normalized spacial score (nSPS) is 23.1. The molecule has 0 N–H and O–H groups in total. The van der Waals surface area contributed by atoms with Gasteiger partial charge in [0.15, 0.2) is 0 Å². The maximum Gasteiger partial charge on any atom is 0.0810 e. The minimum atomic E-state index is 0.637. The van der Waals surface area contributed by atoms with Crippen LogP contribution in [-0.2, 0) is 4.74 Å². The van der Waals surface area contributed by atoms with E-state index < -0.39 is 0 Å². The van der Waals surface area contributed by atoms with Crippen molar-refractivity contribution in [3.05, 3.63) is 0 Å². The summed E-state index contributed by atoms with van der Waals surface area (Å²) in [6, 6.07) is 0. The van der Waals surface area contributed by atoms with Gasteiger partial charge in [0.2, 0.25) is 0 Å². The molecule has 0 amide bonds. The molecular weight excluding hydrogens is 160 g/mol. The zero-order valence-corrected chi connectivity index (χ0v) is 9.22. The van der Waals surface area contributed by atoms with Gasteiger partial charge in [-0.05, 0) is 18.8 Å². The maximum atomic E-state index is 5.20. The number of unbranched alkanes of at least 4 members (excludes halogenated alkanes) is 3. The minimum absolute atomic E-state index is 0.637. The van der Waals surface area contributed by atoms with Gasteiger partial charge in [-0.1, -0.05) is 46.0 Å². The van der Waals surface area contributed by atoms with E-state index in [1.54, 1.807) is 0 Å². The van der Waals surface area contributed by atoms with Crippen molar-refractivity contribution < 1.29 is 4.74 Å². The molecule has 0 spiro atoms. The lowest BCUT2D eigenvalue weighted by atomic mass is 9.97. The van der Waals surface area contributed by atoms with Crippen LogP contribution in [0.25, 0.3) is 0 Å². The molecule has 0 aliphatic carbocycles. The van der Waals surface area contributed by atoms with Gasteiger partial charge >= 0.3 is 0 Å². The predicted molar refractivity (Wildman–Crippen MR) is 56.9 cm³/mol. The molecule has 0 saturated carbocycles. The van der Waals surface area contributed by atoms with E-state index in [4.69, 9.17) is 4.74 Å². The molecule has 1 nitrogen and oxygen atoms in total. The summed E-state index contributed by atoms with van der Waals surface area (Å²) in [5.41, 5.74) is 0. The Balaban J connectivity index is 1.81. The first-order chi connectivity index (χ1) is 6.33. The Morgan fingerprint density at radius 2 is 2.00 bits per heavy atom. The van der Waals surface area contributed by atoms with Crippen LogP contribution in [0.1, 0.15) is 58.8 Å². The van der Waals surface area contributed by atoms with Crippen LogP contribution in [0.15, 0.2) is 0 Å². The van der Waals surface area contributed by atoms with Gasteiger partial charge in [0.05, 0.1) is 12.7 Å². The third kappa shape index (κ3) is 6.09. The van der Waals surface area contributed by atoms with Crippen LogP contribution < -0.4 is 0 Å². The molecule has 0 radical (unpaired) electrons. The molecule has 78 valence electrons. The summed E-state index contributed by atoms with van der Waals surface area (Å²) in [4.78, 5) is 0. The molecule has 1 saturated heterocycles. The molecule has 1 rings (SSSR count). The molecular formula is C12H24O. The summed E-state index contributed by atoms with van der Waals surface area (Å²) >= 11 is 0. The summed E-state index contributed by atoms with van der Waals surface area (Å²) in [6.45, 7) is 5.69. The third-order valence-corrected chi connectivity index (χ3v) is 2.93. The molecule has 1 aliphatic heterocycles. The maximum absolute atomic E-state index is 5.20. The quantitative estimate of drug-likeness (QED) is 0.413. The molecule has 1 heterocycles. The molecule has 0 aromatic carbocycles. The van der Waals surface area contributed by atoms with E-state index in [-0.39, 0.29) is 0 Å². The fraction of sp³-hybridized carbons (Fsp3) is 1.00. The van der Waals surface area contributed by atoms with Crippen molar-refractivity contribution in [2.45, 2.75) is 64.9 Å². The standard InChI is InChI=1S/C12H24O/c1-3-4-5-6-7-11(2)8-9-12-10-13-12/h11-12H,3-10H2,1-2H3. The van der Waals surface area contributed by atoms with E-state index in [1.165, 1.54) is 44.9 Å². The highest BCUT2D eigenvalue weighted by atomic mass is 16.6. The Morgan fingerprint density at radius 1 is 1.23 bits per heavy atom. The zero-order valence-electron chi connectivity index (χ0n) is 9.22. The van der Waals surface area contributed by atoms with E-state index in [2.05, 4.69) is 13.8 Å². The Labute approximate surface area is 82.9 Å². The van der Waals surface area contributed by atoms with Gasteiger partial charge in [-0.15, -0.1) is 0 Å². The molecule has 0 bridgehead atoms. The topological polar surface area (TPSA) is 12.5 Å². The highest BCUT2D eigenvalue weighted by molar-refractivity contribution is 4.70. The second-order valence-electron chi connectivity index (χ2n) is 4.49. The van der Waals surface area contributed by atoms with E-state index in [0.717, 1.165) is 12.5 Å². The van der Waals surface area contributed by atoms with Crippen LogP contribution in [0.4, 0.5) is 0 Å². The van der Waals surface area contributed by atoms with Gasteiger partial charge in [-0.3, -0.25) is 0 Å². The SMILES string of the molecule is CCCCCCC(C)CCC1CO1. The van der Waals surface area contributed by atoms with Crippen LogP contribution in [-0.4, -0.2) is 12.7 Å². The average molecular weight is 184 g/mol. The van der Waals surface area contributed by atoms with Crippen LogP contribution in [0.2, 0.25) is 0 Å². The summed E-state index contributed by atoms with van der Waals surface area (Å²) in [5.74, 6) is 0.918. The van der Waals surface area contributed by atoms with Crippen molar-refractivity contribution in [3.8, 4) is 0 Å². The molecule has 0 aromatic heterocycles. The van der Waals surface area contributed by atoms with E-state index in [9.17, 15) is 0 Å². The highest BCUT2D eigenvalue weighted by Crippen LogP contribution is 2.21. The molecule has 1 aliphatic rings. The first-order valence-corrected chi connectivity index (χ1v) is 5.94. The Bertz CT molecular complexity index is 118. The van der Waals surface area contributed by atoms with E-state index in [1.807, 2.05) is 0 Å². The minimum Gasteiger partial charge on any atom is -0.373 e. The molecule has 13 heavy (non-hydrogen) atoms. The number of ether oxygens (including phenoxy) is 1. The third-order valence-electron chi connectivity index (χ3n) is 2.93. The van der Waals surface area contributed by atoms with Gasteiger partial charge in [0.25, 0.3) is 0 Å². The zero-order chi connectivity index (χ0) is 9.52. The van der Waals surface area contributed by atoms with Crippen molar-refractivity contribution in [1.82, 2.24) is 0 Å². The van der Waals surface area contributed by atoms with Crippen molar-refractivity contribution >= 4 is 0 Å².